The molecular formula is C25H31N5O2. The smallest absolute Gasteiger partial charge is 0.232 e. The fourth-order valence-corrected chi connectivity index (χ4v) is 4.40. The van der Waals surface area contributed by atoms with E-state index in [2.05, 4.69) is 22.1 Å². The Labute approximate surface area is 189 Å². The van der Waals surface area contributed by atoms with E-state index in [1.165, 1.54) is 4.90 Å². The molecule has 2 aliphatic heterocycles. The van der Waals surface area contributed by atoms with Crippen molar-refractivity contribution in [2.45, 2.75) is 58.5 Å². The van der Waals surface area contributed by atoms with Crippen LogP contribution < -0.4 is 10.6 Å². The molecule has 2 aromatic rings. The number of nitrogens with two attached hydrogens (primary N) is 1. The molecule has 2 amide bonds. The van der Waals surface area contributed by atoms with Gasteiger partial charge in [0.2, 0.25) is 11.8 Å². The van der Waals surface area contributed by atoms with Crippen LogP contribution >= 0.6 is 0 Å². The molecule has 1 aromatic heterocycles. The molecule has 1 saturated heterocycles. The zero-order chi connectivity index (χ0) is 23.0. The maximum Gasteiger partial charge on any atom is 0.232 e. The van der Waals surface area contributed by atoms with Crippen molar-refractivity contribution in [1.82, 2.24) is 9.88 Å². The molecular weight excluding hydrogens is 402 g/mol. The predicted octanol–water partition coefficient (Wildman–Crippen LogP) is 3.37. The van der Waals surface area contributed by atoms with Gasteiger partial charge in [0.25, 0.3) is 0 Å². The summed E-state index contributed by atoms with van der Waals surface area (Å²) in [6.45, 7) is 8.87. The SMILES string of the molecule is Cc1cc(CN2C(=O)CC(C)(C(C)C)N=C2N)cc(N2CC(c3ccccc3)CC2=O)n1. The van der Waals surface area contributed by atoms with E-state index in [1.54, 1.807) is 4.90 Å². The normalized spacial score (nSPS) is 23.8. The minimum absolute atomic E-state index is 0.0360. The Morgan fingerprint density at radius 3 is 2.53 bits per heavy atom. The van der Waals surface area contributed by atoms with Gasteiger partial charge in [-0.05, 0) is 43.0 Å². The standard InChI is InChI=1S/C25H31N5O2/c1-16(2)25(4)13-23(32)30(24(26)28-25)14-18-10-17(3)27-21(11-18)29-15-20(12-22(29)31)19-8-6-5-7-9-19/h5-11,16,20H,12-15H2,1-4H3,(H2,26,28). The Morgan fingerprint density at radius 1 is 1.16 bits per heavy atom. The van der Waals surface area contributed by atoms with Crippen molar-refractivity contribution >= 4 is 23.6 Å². The number of aromatic nitrogens is 1. The second-order valence-corrected chi connectivity index (χ2v) is 9.43. The van der Waals surface area contributed by atoms with Gasteiger partial charge in [-0.15, -0.1) is 0 Å². The molecule has 2 atom stereocenters. The number of hydrogen-bond acceptors (Lipinski definition) is 5. The summed E-state index contributed by atoms with van der Waals surface area (Å²) in [7, 11) is 0. The summed E-state index contributed by atoms with van der Waals surface area (Å²) >= 11 is 0. The quantitative estimate of drug-likeness (QED) is 0.783. The van der Waals surface area contributed by atoms with Crippen LogP contribution in [-0.2, 0) is 16.1 Å². The van der Waals surface area contributed by atoms with Gasteiger partial charge in [-0.2, -0.15) is 0 Å². The van der Waals surface area contributed by atoms with Crippen LogP contribution in [0.5, 0.6) is 0 Å². The lowest BCUT2D eigenvalue weighted by atomic mass is 9.84. The third-order valence-electron chi connectivity index (χ3n) is 6.71. The van der Waals surface area contributed by atoms with Crippen LogP contribution in [0.2, 0.25) is 0 Å². The highest BCUT2D eigenvalue weighted by molar-refractivity contribution is 5.99. The Kier molecular flexibility index (Phi) is 5.75. The topological polar surface area (TPSA) is 91.9 Å². The van der Waals surface area contributed by atoms with Crippen molar-refractivity contribution in [2.75, 3.05) is 11.4 Å². The number of rotatable bonds is 5. The van der Waals surface area contributed by atoms with E-state index in [0.29, 0.717) is 31.7 Å². The molecule has 7 nitrogen and oxygen atoms in total. The molecule has 0 bridgehead atoms. The Hall–Kier alpha value is -3.22. The second kappa shape index (κ2) is 8.37. The summed E-state index contributed by atoms with van der Waals surface area (Å²) in [5.41, 5.74) is 8.56. The highest BCUT2D eigenvalue weighted by Crippen LogP contribution is 2.33. The second-order valence-electron chi connectivity index (χ2n) is 9.43. The number of carbonyl (C=O) groups is 2. The predicted molar refractivity (Wildman–Crippen MR) is 125 cm³/mol. The van der Waals surface area contributed by atoms with Crippen molar-refractivity contribution in [2.24, 2.45) is 16.6 Å². The first-order chi connectivity index (χ1) is 15.2. The molecule has 32 heavy (non-hydrogen) atoms. The van der Waals surface area contributed by atoms with Crippen LogP contribution in [0.3, 0.4) is 0 Å². The lowest BCUT2D eigenvalue weighted by Gasteiger charge is -2.37. The Morgan fingerprint density at radius 2 is 1.88 bits per heavy atom. The van der Waals surface area contributed by atoms with Gasteiger partial charge >= 0.3 is 0 Å². The summed E-state index contributed by atoms with van der Waals surface area (Å²) in [6.07, 6.45) is 0.790. The summed E-state index contributed by atoms with van der Waals surface area (Å²) in [5, 5.41) is 0. The number of pyridine rings is 1. The molecule has 7 heteroatoms. The maximum atomic E-state index is 12.9. The van der Waals surface area contributed by atoms with E-state index in [4.69, 9.17) is 5.73 Å². The Bertz CT molecular complexity index is 1070. The first-order valence-corrected chi connectivity index (χ1v) is 11.1. The zero-order valence-electron chi connectivity index (χ0n) is 19.2. The molecule has 0 spiro atoms. The monoisotopic (exact) mass is 433 g/mol. The molecule has 2 unspecified atom stereocenters. The minimum Gasteiger partial charge on any atom is -0.369 e. The maximum absolute atomic E-state index is 12.9. The summed E-state index contributed by atoms with van der Waals surface area (Å²) in [6, 6.07) is 13.9. The van der Waals surface area contributed by atoms with E-state index < -0.39 is 5.54 Å². The number of anilines is 1. The number of aliphatic imine (C=N–C) groups is 1. The lowest BCUT2D eigenvalue weighted by molar-refractivity contribution is -0.130. The van der Waals surface area contributed by atoms with Gasteiger partial charge in [-0.1, -0.05) is 44.2 Å². The summed E-state index contributed by atoms with van der Waals surface area (Å²) in [4.78, 5) is 38.2. The van der Waals surface area contributed by atoms with Crippen molar-refractivity contribution in [1.29, 1.82) is 0 Å². The number of amides is 2. The van der Waals surface area contributed by atoms with E-state index in [0.717, 1.165) is 16.8 Å². The van der Waals surface area contributed by atoms with Crippen molar-refractivity contribution in [3.8, 4) is 0 Å². The van der Waals surface area contributed by atoms with Gasteiger partial charge in [0.1, 0.15) is 5.82 Å². The Balaban J connectivity index is 1.56. The molecule has 2 N–H and O–H groups in total. The number of benzene rings is 1. The number of guanidine groups is 1. The first kappa shape index (κ1) is 22.0. The minimum atomic E-state index is -0.481. The van der Waals surface area contributed by atoms with Crippen LogP contribution in [0.1, 0.15) is 56.4 Å². The van der Waals surface area contributed by atoms with Gasteiger partial charge in [0, 0.05) is 24.6 Å². The molecule has 168 valence electrons. The molecule has 0 radical (unpaired) electrons. The van der Waals surface area contributed by atoms with Crippen molar-refractivity contribution in [3.05, 3.63) is 59.3 Å². The highest BCUT2D eigenvalue weighted by Gasteiger charge is 2.38. The van der Waals surface area contributed by atoms with E-state index in [1.807, 2.05) is 58.0 Å². The van der Waals surface area contributed by atoms with E-state index in [9.17, 15) is 9.59 Å². The number of carbonyl (C=O) groups excluding carboxylic acids is 2. The molecule has 1 aromatic carbocycles. The third-order valence-corrected chi connectivity index (χ3v) is 6.71. The van der Waals surface area contributed by atoms with Crippen molar-refractivity contribution in [3.63, 3.8) is 0 Å². The molecule has 2 aliphatic rings. The number of hydrogen-bond donors (Lipinski definition) is 1. The molecule has 3 heterocycles. The van der Waals surface area contributed by atoms with Gasteiger partial charge in [0.15, 0.2) is 5.96 Å². The van der Waals surface area contributed by atoms with Crippen LogP contribution in [0.4, 0.5) is 5.82 Å². The van der Waals surface area contributed by atoms with Crippen molar-refractivity contribution < 1.29 is 9.59 Å². The fourth-order valence-electron chi connectivity index (χ4n) is 4.40. The van der Waals surface area contributed by atoms with Gasteiger partial charge in [-0.3, -0.25) is 19.4 Å². The largest absolute Gasteiger partial charge is 0.369 e. The molecule has 1 fully saturated rings. The number of aryl methyl sites for hydroxylation is 1. The fraction of sp³-hybridized carbons (Fsp3) is 0.440. The lowest BCUT2D eigenvalue weighted by Crippen LogP contribution is -2.51. The summed E-state index contributed by atoms with van der Waals surface area (Å²) in [5.74, 6) is 1.25. The van der Waals surface area contributed by atoms with E-state index >= 15 is 0 Å². The van der Waals surface area contributed by atoms with Crippen LogP contribution in [0.25, 0.3) is 0 Å². The average molecular weight is 434 g/mol. The molecule has 4 rings (SSSR count). The van der Waals surface area contributed by atoms with E-state index in [-0.39, 0.29) is 29.6 Å². The average Bonchev–Trinajstić information content (AvgIpc) is 3.13. The van der Waals surface area contributed by atoms with Crippen LogP contribution in [0, 0.1) is 12.8 Å². The van der Waals surface area contributed by atoms with Crippen LogP contribution in [0.15, 0.2) is 47.5 Å². The van der Waals surface area contributed by atoms with Crippen LogP contribution in [-0.4, -0.2) is 39.7 Å². The summed E-state index contributed by atoms with van der Waals surface area (Å²) < 4.78 is 0. The third kappa shape index (κ3) is 4.24. The molecule has 0 aliphatic carbocycles. The number of nitrogens with zero attached hydrogens (tertiary/aromatic N) is 4. The first-order valence-electron chi connectivity index (χ1n) is 11.1. The zero-order valence-corrected chi connectivity index (χ0v) is 19.2. The highest BCUT2D eigenvalue weighted by atomic mass is 16.2. The van der Waals surface area contributed by atoms with Gasteiger partial charge < -0.3 is 5.73 Å². The van der Waals surface area contributed by atoms with Gasteiger partial charge in [-0.25, -0.2) is 9.98 Å². The molecule has 0 saturated carbocycles. The van der Waals surface area contributed by atoms with Gasteiger partial charge in [0.05, 0.1) is 18.5 Å².